The summed E-state index contributed by atoms with van der Waals surface area (Å²) in [6, 6.07) is 76.3. The van der Waals surface area contributed by atoms with Gasteiger partial charge in [-0.3, -0.25) is 0 Å². The highest BCUT2D eigenvalue weighted by Crippen LogP contribution is 2.40. The highest BCUT2D eigenvalue weighted by molar-refractivity contribution is 7.26. The quantitative estimate of drug-likeness (QED) is 0.154. The Kier molecular flexibility index (Phi) is 9.34. The van der Waals surface area contributed by atoms with Crippen LogP contribution in [0, 0.1) is 0 Å². The molecule has 3 heterocycles. The minimum absolute atomic E-state index is 0.693. The van der Waals surface area contributed by atoms with Crippen LogP contribution in [-0.4, -0.2) is 19.9 Å². The number of rotatable bonds is 8. The first kappa shape index (κ1) is 36.2. The third kappa shape index (κ3) is 7.18. The molecule has 0 atom stereocenters. The van der Waals surface area contributed by atoms with Gasteiger partial charge in [-0.1, -0.05) is 182 Å². The molecule has 0 bridgehead atoms. The van der Waals surface area contributed by atoms with Gasteiger partial charge in [0.1, 0.15) is 0 Å². The number of nitrogens with zero attached hydrogens (tertiary/aromatic N) is 4. The molecule has 0 spiro atoms. The van der Waals surface area contributed by atoms with Crippen molar-refractivity contribution >= 4 is 31.6 Å². The summed E-state index contributed by atoms with van der Waals surface area (Å²) in [5.41, 5.74) is 15.6. The van der Waals surface area contributed by atoms with Gasteiger partial charge in [-0.05, 0) is 69.8 Å². The van der Waals surface area contributed by atoms with Crippen LogP contribution in [0.2, 0.25) is 0 Å². The van der Waals surface area contributed by atoms with Gasteiger partial charge < -0.3 is 0 Å². The largest absolute Gasteiger partial charge is 0.228 e. The Balaban J connectivity index is 0.933. The lowest BCUT2D eigenvalue weighted by Crippen LogP contribution is -1.96. The van der Waals surface area contributed by atoms with Gasteiger partial charge in [0.05, 0.1) is 27.3 Å². The molecule has 4 nitrogen and oxygen atoms in total. The van der Waals surface area contributed by atoms with Gasteiger partial charge >= 0.3 is 0 Å². The minimum atomic E-state index is 0.693. The average molecular weight is 797 g/mol. The summed E-state index contributed by atoms with van der Waals surface area (Å²) in [5, 5.41) is 1.16. The molecule has 0 radical (unpaired) electrons. The smallest absolute Gasteiger partial charge is 0.160 e. The maximum Gasteiger partial charge on any atom is 0.160 e. The van der Waals surface area contributed by atoms with E-state index in [1.165, 1.54) is 4.70 Å². The fourth-order valence-electron chi connectivity index (χ4n) is 8.03. The summed E-state index contributed by atoms with van der Waals surface area (Å²) in [6.07, 6.45) is 0. The standard InChI is InChI=1S/C56H36N4S/c1-4-16-37(17-5-1)49-36-50(38-18-6-2-7-19-38)58-55(57-49)46-28-14-26-44(34-46)42-24-12-22-40(32-42)41-23-13-25-43(33-41)45-27-15-29-47(35-45)56-59-52(39-20-8-3-9-21-39)54-53(60-56)48-30-10-11-31-51(48)61-54/h1-36H. The molecule has 0 fully saturated rings. The molecule has 0 aliphatic heterocycles. The molecule has 0 aliphatic rings. The first-order valence-electron chi connectivity index (χ1n) is 20.4. The van der Waals surface area contributed by atoms with Crippen LogP contribution in [0.5, 0.6) is 0 Å². The van der Waals surface area contributed by atoms with E-state index in [-0.39, 0.29) is 0 Å². The molecule has 0 amide bonds. The highest BCUT2D eigenvalue weighted by Gasteiger charge is 2.17. The number of thiophene rings is 1. The third-order valence-electron chi connectivity index (χ3n) is 11.1. The van der Waals surface area contributed by atoms with Crippen LogP contribution in [0.25, 0.3) is 110 Å². The topological polar surface area (TPSA) is 51.6 Å². The molecule has 61 heavy (non-hydrogen) atoms. The Bertz CT molecular complexity index is 3300. The Hall–Kier alpha value is -7.86. The van der Waals surface area contributed by atoms with Crippen molar-refractivity contribution in [2.24, 2.45) is 0 Å². The van der Waals surface area contributed by atoms with Crippen molar-refractivity contribution in [1.82, 2.24) is 19.9 Å². The Morgan fingerprint density at radius 3 is 1.15 bits per heavy atom. The maximum absolute atomic E-state index is 5.23. The van der Waals surface area contributed by atoms with Crippen LogP contribution in [0.15, 0.2) is 218 Å². The third-order valence-corrected chi connectivity index (χ3v) is 12.3. The van der Waals surface area contributed by atoms with E-state index in [4.69, 9.17) is 19.9 Å². The fraction of sp³-hybridized carbons (Fsp3) is 0. The number of hydrogen-bond donors (Lipinski definition) is 0. The van der Waals surface area contributed by atoms with Crippen molar-refractivity contribution in [2.45, 2.75) is 0 Å². The molecule has 5 heteroatoms. The zero-order chi connectivity index (χ0) is 40.5. The summed E-state index contributed by atoms with van der Waals surface area (Å²) in [7, 11) is 0. The van der Waals surface area contributed by atoms with Gasteiger partial charge in [0.25, 0.3) is 0 Å². The molecule has 286 valence electrons. The predicted molar refractivity (Wildman–Crippen MR) is 254 cm³/mol. The van der Waals surface area contributed by atoms with Gasteiger partial charge in [0, 0.05) is 37.9 Å². The molecule has 11 rings (SSSR count). The van der Waals surface area contributed by atoms with Crippen molar-refractivity contribution in [3.05, 3.63) is 218 Å². The van der Waals surface area contributed by atoms with Crippen molar-refractivity contribution in [1.29, 1.82) is 0 Å². The van der Waals surface area contributed by atoms with Crippen LogP contribution in [0.3, 0.4) is 0 Å². The lowest BCUT2D eigenvalue weighted by atomic mass is 9.95. The van der Waals surface area contributed by atoms with E-state index in [9.17, 15) is 0 Å². The van der Waals surface area contributed by atoms with Crippen molar-refractivity contribution < 1.29 is 0 Å². The normalized spacial score (nSPS) is 11.3. The van der Waals surface area contributed by atoms with Gasteiger partial charge in [0.2, 0.25) is 0 Å². The number of aromatic nitrogens is 4. The fourth-order valence-corrected chi connectivity index (χ4v) is 9.19. The van der Waals surface area contributed by atoms with E-state index >= 15 is 0 Å². The van der Waals surface area contributed by atoms with Crippen LogP contribution >= 0.6 is 11.3 Å². The number of benzene rings is 8. The van der Waals surface area contributed by atoms with E-state index in [1.54, 1.807) is 11.3 Å². The first-order valence-corrected chi connectivity index (χ1v) is 21.2. The van der Waals surface area contributed by atoms with Gasteiger partial charge in [-0.2, -0.15) is 0 Å². The molecule has 8 aromatic carbocycles. The Morgan fingerprint density at radius 1 is 0.279 bits per heavy atom. The molecule has 11 aromatic rings. The molecule has 0 N–H and O–H groups in total. The zero-order valence-corrected chi connectivity index (χ0v) is 33.8. The molecule has 0 saturated heterocycles. The molecule has 3 aromatic heterocycles. The second-order valence-electron chi connectivity index (χ2n) is 15.1. The number of hydrogen-bond acceptors (Lipinski definition) is 5. The maximum atomic E-state index is 5.23. The molecule has 0 aliphatic carbocycles. The van der Waals surface area contributed by atoms with E-state index in [0.29, 0.717) is 5.82 Å². The van der Waals surface area contributed by atoms with Crippen LogP contribution in [0.1, 0.15) is 0 Å². The average Bonchev–Trinajstić information content (AvgIpc) is 3.73. The van der Waals surface area contributed by atoms with Gasteiger partial charge in [-0.15, -0.1) is 11.3 Å². The molecule has 0 unspecified atom stereocenters. The van der Waals surface area contributed by atoms with Gasteiger partial charge in [0.15, 0.2) is 11.6 Å². The lowest BCUT2D eigenvalue weighted by Gasteiger charge is -2.12. The summed E-state index contributed by atoms with van der Waals surface area (Å²) in [6.45, 7) is 0. The molecular formula is C56H36N4S. The van der Waals surface area contributed by atoms with E-state index in [1.807, 2.05) is 42.5 Å². The second kappa shape index (κ2) is 15.7. The van der Waals surface area contributed by atoms with Crippen LogP contribution < -0.4 is 0 Å². The van der Waals surface area contributed by atoms with Crippen LogP contribution in [0.4, 0.5) is 0 Å². The second-order valence-corrected chi connectivity index (χ2v) is 16.1. The SMILES string of the molecule is c1ccc(-c2cc(-c3ccccc3)nc(-c3cccc(-c4cccc(-c5cccc(-c6cccc(-c7nc(-c8ccccc8)c8sc9ccccc9c8n7)c6)c5)c4)c3)n2)cc1. The van der Waals surface area contributed by atoms with E-state index < -0.39 is 0 Å². The van der Waals surface area contributed by atoms with E-state index in [0.717, 1.165) is 99.7 Å². The molecular weight excluding hydrogens is 761 g/mol. The van der Waals surface area contributed by atoms with Gasteiger partial charge in [-0.25, -0.2) is 19.9 Å². The zero-order valence-electron chi connectivity index (χ0n) is 33.0. The highest BCUT2D eigenvalue weighted by atomic mass is 32.1. The monoisotopic (exact) mass is 796 g/mol. The van der Waals surface area contributed by atoms with Crippen molar-refractivity contribution in [3.8, 4) is 89.9 Å². The Morgan fingerprint density at radius 2 is 0.656 bits per heavy atom. The van der Waals surface area contributed by atoms with Crippen molar-refractivity contribution in [2.75, 3.05) is 0 Å². The summed E-state index contributed by atoms with van der Waals surface area (Å²) >= 11 is 1.75. The van der Waals surface area contributed by atoms with E-state index in [2.05, 4.69) is 176 Å². The minimum Gasteiger partial charge on any atom is -0.228 e. The van der Waals surface area contributed by atoms with Crippen LogP contribution in [-0.2, 0) is 0 Å². The Labute approximate surface area is 358 Å². The summed E-state index contributed by atoms with van der Waals surface area (Å²) < 4.78 is 2.32. The molecule has 0 saturated carbocycles. The lowest BCUT2D eigenvalue weighted by molar-refractivity contribution is 1.18. The van der Waals surface area contributed by atoms with Crippen molar-refractivity contribution in [3.63, 3.8) is 0 Å². The summed E-state index contributed by atoms with van der Waals surface area (Å²) in [5.74, 6) is 1.41. The predicted octanol–water partition coefficient (Wildman–Crippen LogP) is 15.0. The first-order chi connectivity index (χ1) is 30.2. The number of fused-ring (bicyclic) bond motifs is 3. The summed E-state index contributed by atoms with van der Waals surface area (Å²) in [4.78, 5) is 20.6.